The van der Waals surface area contributed by atoms with Gasteiger partial charge in [0.05, 0.1) is 5.38 Å². The molecular weight excluding hydrogens is 230 g/mol. The topological polar surface area (TPSA) is 75.1 Å². The normalized spacial score (nSPS) is 12.9. The Morgan fingerprint density at radius 3 is 3.19 bits per heavy atom. The Hall–Kier alpha value is -1.56. The van der Waals surface area contributed by atoms with Crippen molar-refractivity contribution in [3.8, 4) is 0 Å². The standard InChI is InChI=1S/C9H12ClN5O/c1-2-6(10)5-11-7-3-4-8-12-13-9(16)15(8)14-7/h3-4,6H,2,5H2,1H3,(H,11,14)(H,13,16). The third-order valence-corrected chi connectivity index (χ3v) is 2.68. The van der Waals surface area contributed by atoms with Gasteiger partial charge in [0.25, 0.3) is 0 Å². The molecule has 6 nitrogen and oxygen atoms in total. The van der Waals surface area contributed by atoms with Crippen LogP contribution in [0.1, 0.15) is 13.3 Å². The molecule has 2 heterocycles. The van der Waals surface area contributed by atoms with Crippen LogP contribution < -0.4 is 11.0 Å². The summed E-state index contributed by atoms with van der Waals surface area (Å²) < 4.78 is 1.21. The number of nitrogens with one attached hydrogen (secondary N) is 2. The van der Waals surface area contributed by atoms with E-state index < -0.39 is 0 Å². The molecule has 2 aromatic rings. The average Bonchev–Trinajstić information content (AvgIpc) is 2.68. The maximum atomic E-state index is 11.3. The molecule has 1 unspecified atom stereocenters. The first-order valence-corrected chi connectivity index (χ1v) is 5.46. The molecule has 2 N–H and O–H groups in total. The van der Waals surface area contributed by atoms with E-state index in [1.54, 1.807) is 12.1 Å². The van der Waals surface area contributed by atoms with E-state index >= 15 is 0 Å². The molecule has 0 saturated carbocycles. The summed E-state index contributed by atoms with van der Waals surface area (Å²) in [7, 11) is 0. The summed E-state index contributed by atoms with van der Waals surface area (Å²) in [4.78, 5) is 11.3. The van der Waals surface area contributed by atoms with Crippen molar-refractivity contribution in [2.75, 3.05) is 11.9 Å². The first-order chi connectivity index (χ1) is 7.70. The van der Waals surface area contributed by atoms with Crippen molar-refractivity contribution in [1.29, 1.82) is 0 Å². The van der Waals surface area contributed by atoms with Crippen molar-refractivity contribution < 1.29 is 0 Å². The Morgan fingerprint density at radius 2 is 2.44 bits per heavy atom. The number of anilines is 1. The Kier molecular flexibility index (Phi) is 3.09. The van der Waals surface area contributed by atoms with E-state index in [1.807, 2.05) is 6.92 Å². The second kappa shape index (κ2) is 4.52. The average molecular weight is 242 g/mol. The summed E-state index contributed by atoms with van der Waals surface area (Å²) in [5, 5.41) is 13.3. The van der Waals surface area contributed by atoms with E-state index in [9.17, 15) is 4.79 Å². The number of H-pyrrole nitrogens is 1. The fourth-order valence-corrected chi connectivity index (χ4v) is 1.33. The third kappa shape index (κ3) is 2.16. The molecule has 0 spiro atoms. The van der Waals surface area contributed by atoms with Crippen LogP contribution in [0.2, 0.25) is 0 Å². The lowest BCUT2D eigenvalue weighted by molar-refractivity contribution is 0.824. The lowest BCUT2D eigenvalue weighted by Gasteiger charge is -2.08. The van der Waals surface area contributed by atoms with Gasteiger partial charge in [0, 0.05) is 6.54 Å². The van der Waals surface area contributed by atoms with Gasteiger partial charge in [-0.2, -0.15) is 9.61 Å². The molecule has 1 atom stereocenters. The molecule has 0 amide bonds. The van der Waals surface area contributed by atoms with Gasteiger partial charge in [-0.1, -0.05) is 6.92 Å². The van der Waals surface area contributed by atoms with Crippen LogP contribution in [0, 0.1) is 0 Å². The molecule has 86 valence electrons. The zero-order valence-corrected chi connectivity index (χ0v) is 9.53. The largest absolute Gasteiger partial charge is 0.367 e. The summed E-state index contributed by atoms with van der Waals surface area (Å²) >= 11 is 5.97. The zero-order valence-electron chi connectivity index (χ0n) is 8.77. The smallest absolute Gasteiger partial charge is 0.364 e. The molecule has 2 aromatic heterocycles. The van der Waals surface area contributed by atoms with Crippen LogP contribution in [0.15, 0.2) is 16.9 Å². The molecule has 0 aliphatic heterocycles. The van der Waals surface area contributed by atoms with Gasteiger partial charge in [0.1, 0.15) is 5.82 Å². The van der Waals surface area contributed by atoms with Crippen molar-refractivity contribution >= 4 is 23.1 Å². The molecule has 0 aliphatic carbocycles. The highest BCUT2D eigenvalue weighted by Gasteiger charge is 2.04. The first-order valence-electron chi connectivity index (χ1n) is 5.03. The van der Waals surface area contributed by atoms with Gasteiger partial charge in [0.2, 0.25) is 0 Å². The van der Waals surface area contributed by atoms with Crippen LogP contribution in [0.3, 0.4) is 0 Å². The SMILES string of the molecule is CCC(Cl)CNc1ccc2n[nH]c(=O)n2n1. The Labute approximate surface area is 96.6 Å². The highest BCUT2D eigenvalue weighted by Crippen LogP contribution is 2.06. The summed E-state index contributed by atoms with van der Waals surface area (Å²) in [5.41, 5.74) is 0.144. The van der Waals surface area contributed by atoms with Gasteiger partial charge in [-0.25, -0.2) is 9.89 Å². The predicted molar refractivity (Wildman–Crippen MR) is 62.0 cm³/mol. The van der Waals surface area contributed by atoms with E-state index in [2.05, 4.69) is 20.6 Å². The minimum absolute atomic E-state index is 0.0542. The van der Waals surface area contributed by atoms with E-state index in [1.165, 1.54) is 4.52 Å². The molecule has 0 bridgehead atoms. The van der Waals surface area contributed by atoms with Crippen LogP contribution in [-0.2, 0) is 0 Å². The number of alkyl halides is 1. The molecule has 0 radical (unpaired) electrons. The number of aromatic nitrogens is 4. The quantitative estimate of drug-likeness (QED) is 0.778. The van der Waals surface area contributed by atoms with Crippen molar-refractivity contribution in [3.63, 3.8) is 0 Å². The van der Waals surface area contributed by atoms with Gasteiger partial charge in [-0.15, -0.1) is 16.7 Å². The van der Waals surface area contributed by atoms with E-state index in [0.29, 0.717) is 18.0 Å². The maximum Gasteiger partial charge on any atom is 0.364 e. The first kappa shape index (κ1) is 10.9. The second-order valence-corrected chi connectivity index (χ2v) is 4.02. The van der Waals surface area contributed by atoms with Gasteiger partial charge < -0.3 is 5.32 Å². The Balaban J connectivity index is 2.19. The van der Waals surface area contributed by atoms with Crippen molar-refractivity contribution in [1.82, 2.24) is 19.8 Å². The number of hydrogen-bond acceptors (Lipinski definition) is 4. The fourth-order valence-electron chi connectivity index (χ4n) is 1.26. The fraction of sp³-hybridized carbons (Fsp3) is 0.444. The lowest BCUT2D eigenvalue weighted by atomic mass is 10.3. The lowest BCUT2D eigenvalue weighted by Crippen LogP contribution is -2.17. The number of hydrogen-bond donors (Lipinski definition) is 2. The summed E-state index contributed by atoms with van der Waals surface area (Å²) in [6.45, 7) is 2.62. The van der Waals surface area contributed by atoms with Crippen molar-refractivity contribution in [2.24, 2.45) is 0 Å². The van der Waals surface area contributed by atoms with Crippen LogP contribution in [-0.4, -0.2) is 31.7 Å². The highest BCUT2D eigenvalue weighted by molar-refractivity contribution is 6.20. The molecular formula is C9H12ClN5O. The van der Waals surface area contributed by atoms with Crippen LogP contribution in [0.25, 0.3) is 5.65 Å². The molecule has 16 heavy (non-hydrogen) atoms. The number of fused-ring (bicyclic) bond motifs is 1. The number of rotatable bonds is 4. The summed E-state index contributed by atoms with van der Waals surface area (Å²) in [6, 6.07) is 3.47. The third-order valence-electron chi connectivity index (χ3n) is 2.22. The second-order valence-electron chi connectivity index (χ2n) is 3.40. The van der Waals surface area contributed by atoms with E-state index in [-0.39, 0.29) is 11.1 Å². The van der Waals surface area contributed by atoms with Crippen LogP contribution in [0.4, 0.5) is 5.82 Å². The van der Waals surface area contributed by atoms with Crippen molar-refractivity contribution in [2.45, 2.75) is 18.7 Å². The Morgan fingerprint density at radius 1 is 1.62 bits per heavy atom. The number of aromatic amines is 1. The monoisotopic (exact) mass is 241 g/mol. The molecule has 0 aromatic carbocycles. The minimum Gasteiger partial charge on any atom is -0.367 e. The maximum absolute atomic E-state index is 11.3. The highest BCUT2D eigenvalue weighted by atomic mass is 35.5. The number of halogens is 1. The van der Waals surface area contributed by atoms with Gasteiger partial charge in [-0.3, -0.25) is 0 Å². The van der Waals surface area contributed by atoms with Crippen LogP contribution in [0.5, 0.6) is 0 Å². The van der Waals surface area contributed by atoms with Gasteiger partial charge >= 0.3 is 5.69 Å². The number of nitrogens with zero attached hydrogens (tertiary/aromatic N) is 3. The summed E-state index contributed by atoms with van der Waals surface area (Å²) in [5.74, 6) is 0.607. The molecule has 0 fully saturated rings. The van der Waals surface area contributed by atoms with Gasteiger partial charge in [-0.05, 0) is 18.6 Å². The molecule has 2 rings (SSSR count). The molecule has 0 saturated heterocycles. The molecule has 0 aliphatic rings. The Bertz CT molecular complexity index is 534. The predicted octanol–water partition coefficient (Wildman–Crippen LogP) is 0.847. The minimum atomic E-state index is -0.350. The summed E-state index contributed by atoms with van der Waals surface area (Å²) in [6.07, 6.45) is 0.877. The van der Waals surface area contributed by atoms with E-state index in [4.69, 9.17) is 11.6 Å². The van der Waals surface area contributed by atoms with Crippen LogP contribution >= 0.6 is 11.6 Å². The molecule has 7 heteroatoms. The van der Waals surface area contributed by atoms with E-state index in [0.717, 1.165) is 6.42 Å². The zero-order chi connectivity index (χ0) is 11.5. The van der Waals surface area contributed by atoms with Gasteiger partial charge in [0.15, 0.2) is 5.65 Å². The van der Waals surface area contributed by atoms with Crippen molar-refractivity contribution in [3.05, 3.63) is 22.6 Å².